The Bertz CT molecular complexity index is 556. The summed E-state index contributed by atoms with van der Waals surface area (Å²) < 4.78 is 0. The van der Waals surface area contributed by atoms with Crippen LogP contribution in [-0.4, -0.2) is 0 Å². The Balaban J connectivity index is 1.49. The van der Waals surface area contributed by atoms with Gasteiger partial charge in [0.15, 0.2) is 0 Å². The van der Waals surface area contributed by atoms with Crippen molar-refractivity contribution >= 4 is 0 Å². The molecule has 0 nitrogen and oxygen atoms in total. The second kappa shape index (κ2) is 7.53. The predicted molar refractivity (Wildman–Crippen MR) is 118 cm³/mol. The molecule has 0 aromatic carbocycles. The van der Waals surface area contributed by atoms with Crippen LogP contribution in [0.3, 0.4) is 0 Å². The van der Waals surface area contributed by atoms with Crippen molar-refractivity contribution in [2.24, 2.45) is 46.3 Å². The molecule has 3 fully saturated rings. The van der Waals surface area contributed by atoms with Crippen molar-refractivity contribution in [3.63, 3.8) is 0 Å². The number of rotatable bonds is 5. The number of hydrogen-bond acceptors (Lipinski definition) is 0. The van der Waals surface area contributed by atoms with E-state index >= 15 is 0 Å². The van der Waals surface area contributed by atoms with Crippen molar-refractivity contribution in [1.29, 1.82) is 0 Å². The van der Waals surface area contributed by atoms with Gasteiger partial charge in [-0.15, -0.1) is 0 Å². The standard InChI is InChI=1S/C27H46/c1-19(2)9-8-10-20(3)23-14-15-24-22-13-12-21-11-6-7-17-26(21,4)25(22)16-18-27(23,24)5/h12,19-20,22-25H,6-11,13-18H2,1-5H3/t20?,22?,23?,24?,25?,26-,27?/m0/s1. The molecule has 0 spiro atoms. The van der Waals surface area contributed by atoms with Crippen LogP contribution in [-0.2, 0) is 0 Å². The van der Waals surface area contributed by atoms with Crippen LogP contribution in [0.5, 0.6) is 0 Å². The molecule has 0 N–H and O–H groups in total. The summed E-state index contributed by atoms with van der Waals surface area (Å²) in [6.07, 6.45) is 20.5. The zero-order valence-corrected chi connectivity index (χ0v) is 19.0. The molecular weight excluding hydrogens is 324 g/mol. The van der Waals surface area contributed by atoms with E-state index in [0.29, 0.717) is 10.8 Å². The predicted octanol–water partition coefficient (Wildman–Crippen LogP) is 8.42. The van der Waals surface area contributed by atoms with E-state index < -0.39 is 0 Å². The van der Waals surface area contributed by atoms with Crippen LogP contribution in [0.25, 0.3) is 0 Å². The maximum absolute atomic E-state index is 2.74. The van der Waals surface area contributed by atoms with Gasteiger partial charge in [0.2, 0.25) is 0 Å². The second-order valence-electron chi connectivity index (χ2n) is 12.0. The zero-order chi connectivity index (χ0) is 19.2. The van der Waals surface area contributed by atoms with E-state index in [-0.39, 0.29) is 0 Å². The minimum Gasteiger partial charge on any atom is -0.0845 e. The molecule has 3 saturated carbocycles. The molecule has 0 radical (unpaired) electrons. The minimum atomic E-state index is 0.573. The van der Waals surface area contributed by atoms with Gasteiger partial charge in [0, 0.05) is 0 Å². The lowest BCUT2D eigenvalue weighted by Gasteiger charge is -2.58. The molecule has 0 heteroatoms. The van der Waals surface area contributed by atoms with Crippen molar-refractivity contribution in [2.75, 3.05) is 0 Å². The Kier molecular flexibility index (Phi) is 5.59. The van der Waals surface area contributed by atoms with Gasteiger partial charge in [-0.1, -0.05) is 72.0 Å². The maximum Gasteiger partial charge on any atom is -0.00853 e. The molecule has 0 heterocycles. The monoisotopic (exact) mass is 370 g/mol. The SMILES string of the molecule is CC(C)CCCC(C)C1CCC2C3CC=C4CCCC[C@]4(C)C3CCC12C. The summed E-state index contributed by atoms with van der Waals surface area (Å²) in [4.78, 5) is 0. The van der Waals surface area contributed by atoms with Crippen LogP contribution in [0.2, 0.25) is 0 Å². The molecule has 6 unspecified atom stereocenters. The van der Waals surface area contributed by atoms with Crippen LogP contribution in [0.15, 0.2) is 11.6 Å². The van der Waals surface area contributed by atoms with Gasteiger partial charge in [-0.3, -0.25) is 0 Å². The van der Waals surface area contributed by atoms with E-state index in [0.717, 1.165) is 35.5 Å². The van der Waals surface area contributed by atoms with Crippen molar-refractivity contribution in [1.82, 2.24) is 0 Å². The molecular formula is C27H46. The molecule has 4 aliphatic carbocycles. The maximum atomic E-state index is 2.74. The van der Waals surface area contributed by atoms with Crippen molar-refractivity contribution in [2.45, 2.75) is 112 Å². The Morgan fingerprint density at radius 1 is 0.963 bits per heavy atom. The Labute approximate surface area is 170 Å². The third-order valence-electron chi connectivity index (χ3n) is 10.2. The van der Waals surface area contributed by atoms with Crippen molar-refractivity contribution < 1.29 is 0 Å². The molecule has 154 valence electrons. The lowest BCUT2D eigenvalue weighted by Crippen LogP contribution is -2.50. The van der Waals surface area contributed by atoms with Gasteiger partial charge in [-0.05, 0) is 97.7 Å². The highest BCUT2D eigenvalue weighted by Crippen LogP contribution is 2.67. The van der Waals surface area contributed by atoms with E-state index in [1.54, 1.807) is 0 Å². The minimum absolute atomic E-state index is 0.573. The zero-order valence-electron chi connectivity index (χ0n) is 19.0. The van der Waals surface area contributed by atoms with E-state index in [2.05, 4.69) is 40.7 Å². The Hall–Kier alpha value is -0.260. The average molecular weight is 371 g/mol. The van der Waals surface area contributed by atoms with Crippen LogP contribution >= 0.6 is 0 Å². The van der Waals surface area contributed by atoms with Crippen LogP contribution in [0.1, 0.15) is 112 Å². The van der Waals surface area contributed by atoms with E-state index in [4.69, 9.17) is 0 Å². The van der Waals surface area contributed by atoms with E-state index in [9.17, 15) is 0 Å². The molecule has 0 aliphatic heterocycles. The molecule has 4 aliphatic rings. The number of hydrogen-bond donors (Lipinski definition) is 0. The quantitative estimate of drug-likeness (QED) is 0.426. The van der Waals surface area contributed by atoms with Gasteiger partial charge in [-0.2, -0.15) is 0 Å². The lowest BCUT2D eigenvalue weighted by molar-refractivity contribution is -0.0500. The molecule has 0 amide bonds. The van der Waals surface area contributed by atoms with Gasteiger partial charge >= 0.3 is 0 Å². The number of fused-ring (bicyclic) bond motifs is 5. The first kappa shape index (κ1) is 20.0. The second-order valence-corrected chi connectivity index (χ2v) is 12.0. The summed E-state index contributed by atoms with van der Waals surface area (Å²) in [6, 6.07) is 0. The fourth-order valence-electron chi connectivity index (χ4n) is 8.72. The first-order valence-electron chi connectivity index (χ1n) is 12.6. The highest BCUT2D eigenvalue weighted by Gasteiger charge is 2.58. The smallest absolute Gasteiger partial charge is 0.00853 e. The summed E-state index contributed by atoms with van der Waals surface area (Å²) in [5.74, 6) is 5.84. The molecule has 0 aromatic rings. The van der Waals surface area contributed by atoms with Crippen molar-refractivity contribution in [3.05, 3.63) is 11.6 Å². The van der Waals surface area contributed by atoms with Gasteiger partial charge in [0.05, 0.1) is 0 Å². The first-order chi connectivity index (χ1) is 12.9. The van der Waals surface area contributed by atoms with Crippen molar-refractivity contribution in [3.8, 4) is 0 Å². The van der Waals surface area contributed by atoms with Crippen LogP contribution in [0.4, 0.5) is 0 Å². The summed E-state index contributed by atoms with van der Waals surface area (Å²) in [5.41, 5.74) is 3.09. The molecule has 0 bridgehead atoms. The lowest BCUT2D eigenvalue weighted by atomic mass is 9.47. The highest BCUT2D eigenvalue weighted by atomic mass is 14.6. The highest BCUT2D eigenvalue weighted by molar-refractivity contribution is 5.24. The molecule has 7 atom stereocenters. The van der Waals surface area contributed by atoms with Gasteiger partial charge in [0.1, 0.15) is 0 Å². The summed E-state index contributed by atoms with van der Waals surface area (Å²) in [7, 11) is 0. The first-order valence-corrected chi connectivity index (χ1v) is 12.6. The Morgan fingerprint density at radius 3 is 2.56 bits per heavy atom. The largest absolute Gasteiger partial charge is 0.0845 e. The fraction of sp³-hybridized carbons (Fsp3) is 0.926. The third kappa shape index (κ3) is 3.36. The molecule has 27 heavy (non-hydrogen) atoms. The van der Waals surface area contributed by atoms with Gasteiger partial charge < -0.3 is 0 Å². The average Bonchev–Trinajstić information content (AvgIpc) is 2.98. The molecule has 0 aromatic heterocycles. The van der Waals surface area contributed by atoms with E-state index in [1.807, 2.05) is 5.57 Å². The topological polar surface area (TPSA) is 0 Å². The number of allylic oxidation sites excluding steroid dienone is 2. The summed E-state index contributed by atoms with van der Waals surface area (Å²) >= 11 is 0. The van der Waals surface area contributed by atoms with Gasteiger partial charge in [-0.25, -0.2) is 0 Å². The molecule has 0 saturated heterocycles. The third-order valence-corrected chi connectivity index (χ3v) is 10.2. The summed E-state index contributed by atoms with van der Waals surface area (Å²) in [5, 5.41) is 0. The Morgan fingerprint density at radius 2 is 1.78 bits per heavy atom. The van der Waals surface area contributed by atoms with Crippen LogP contribution in [0, 0.1) is 46.3 Å². The normalized spacial score (nSPS) is 45.0. The molecule has 4 rings (SSSR count). The van der Waals surface area contributed by atoms with Crippen LogP contribution < -0.4 is 0 Å². The van der Waals surface area contributed by atoms with E-state index in [1.165, 1.54) is 77.0 Å². The summed E-state index contributed by atoms with van der Waals surface area (Å²) in [6.45, 7) is 12.8. The van der Waals surface area contributed by atoms with Gasteiger partial charge in [0.25, 0.3) is 0 Å². The fourth-order valence-corrected chi connectivity index (χ4v) is 8.72.